The molecule has 0 bridgehead atoms. The van der Waals surface area contributed by atoms with Crippen molar-refractivity contribution in [3.63, 3.8) is 0 Å². The molecule has 122 valence electrons. The Balaban J connectivity index is 4.49. The Morgan fingerprint density at radius 2 is 1.81 bits per heavy atom. The summed E-state index contributed by atoms with van der Waals surface area (Å²) in [6.07, 6.45) is 0.891. The van der Waals surface area contributed by atoms with E-state index < -0.39 is 35.5 Å². The molecular formula is C14H26N2O5. The molecule has 0 aromatic rings. The molecule has 0 aromatic heterocycles. The van der Waals surface area contributed by atoms with Gasteiger partial charge >= 0.3 is 11.9 Å². The maximum absolute atomic E-state index is 11.9. The van der Waals surface area contributed by atoms with E-state index in [-0.39, 0.29) is 6.42 Å². The normalized spacial score (nSPS) is 14.0. The van der Waals surface area contributed by atoms with Gasteiger partial charge in [-0.25, -0.2) is 4.79 Å². The zero-order valence-corrected chi connectivity index (χ0v) is 13.4. The molecule has 0 aliphatic rings. The molecule has 1 amide bonds. The molecule has 2 atom stereocenters. The van der Waals surface area contributed by atoms with Crippen molar-refractivity contribution < 1.29 is 23.9 Å². The minimum absolute atomic E-state index is 0.247. The number of nitrogens with one attached hydrogen (secondary N) is 1. The topological polar surface area (TPSA) is 108 Å². The second-order valence-corrected chi connectivity index (χ2v) is 5.77. The molecule has 0 saturated heterocycles. The summed E-state index contributed by atoms with van der Waals surface area (Å²) in [6, 6.07) is -1.82. The minimum Gasteiger partial charge on any atom is -0.467 e. The fourth-order valence-electron chi connectivity index (χ4n) is 1.61. The summed E-state index contributed by atoms with van der Waals surface area (Å²) < 4.78 is 9.70. The van der Waals surface area contributed by atoms with E-state index in [2.05, 4.69) is 10.1 Å². The van der Waals surface area contributed by atoms with Crippen LogP contribution in [-0.4, -0.2) is 42.6 Å². The fraction of sp³-hybridized carbons (Fsp3) is 0.786. The molecule has 0 radical (unpaired) electrons. The quantitative estimate of drug-likeness (QED) is 0.663. The predicted molar refractivity (Wildman–Crippen MR) is 77.3 cm³/mol. The van der Waals surface area contributed by atoms with Gasteiger partial charge in [0.05, 0.1) is 19.6 Å². The fourth-order valence-corrected chi connectivity index (χ4v) is 1.61. The second-order valence-electron chi connectivity index (χ2n) is 5.77. The van der Waals surface area contributed by atoms with Crippen molar-refractivity contribution in [3.05, 3.63) is 0 Å². The van der Waals surface area contributed by atoms with Gasteiger partial charge in [0.1, 0.15) is 11.6 Å². The summed E-state index contributed by atoms with van der Waals surface area (Å²) in [4.78, 5) is 35.0. The Kier molecular flexibility index (Phi) is 7.94. The Labute approximate surface area is 125 Å². The summed E-state index contributed by atoms with van der Waals surface area (Å²) in [5, 5.41) is 2.49. The SMILES string of the molecule is CCC[C@H](NC(=O)[C@@H](N)CC(=O)OC(C)(C)C)C(=O)OC. The molecule has 0 unspecified atom stereocenters. The van der Waals surface area contributed by atoms with Crippen LogP contribution in [0.1, 0.15) is 47.0 Å². The van der Waals surface area contributed by atoms with Crippen molar-refractivity contribution in [2.75, 3.05) is 7.11 Å². The Morgan fingerprint density at radius 3 is 2.24 bits per heavy atom. The second kappa shape index (κ2) is 8.61. The van der Waals surface area contributed by atoms with Crippen LogP contribution in [0, 0.1) is 0 Å². The van der Waals surface area contributed by atoms with Crippen molar-refractivity contribution in [2.24, 2.45) is 5.73 Å². The van der Waals surface area contributed by atoms with E-state index in [0.717, 1.165) is 0 Å². The van der Waals surface area contributed by atoms with Gasteiger partial charge in [0.25, 0.3) is 0 Å². The van der Waals surface area contributed by atoms with Crippen LogP contribution >= 0.6 is 0 Å². The highest BCUT2D eigenvalue weighted by atomic mass is 16.6. The van der Waals surface area contributed by atoms with Crippen LogP contribution in [-0.2, 0) is 23.9 Å². The number of ether oxygens (including phenoxy) is 2. The predicted octanol–water partition coefficient (Wildman–Crippen LogP) is 0.503. The molecule has 0 fully saturated rings. The maximum atomic E-state index is 11.9. The highest BCUT2D eigenvalue weighted by Crippen LogP contribution is 2.09. The van der Waals surface area contributed by atoms with Gasteiger partial charge in [-0.3, -0.25) is 9.59 Å². The number of carbonyl (C=O) groups excluding carboxylic acids is 3. The van der Waals surface area contributed by atoms with E-state index in [1.165, 1.54) is 7.11 Å². The molecule has 0 heterocycles. The van der Waals surface area contributed by atoms with Gasteiger partial charge < -0.3 is 20.5 Å². The average Bonchev–Trinajstić information content (AvgIpc) is 2.34. The van der Waals surface area contributed by atoms with Crippen molar-refractivity contribution >= 4 is 17.8 Å². The molecule has 0 spiro atoms. The number of rotatable bonds is 7. The third-order valence-corrected chi connectivity index (χ3v) is 2.52. The highest BCUT2D eigenvalue weighted by Gasteiger charge is 2.26. The highest BCUT2D eigenvalue weighted by molar-refractivity contribution is 5.90. The van der Waals surface area contributed by atoms with Gasteiger partial charge in [-0.1, -0.05) is 13.3 Å². The van der Waals surface area contributed by atoms with E-state index >= 15 is 0 Å². The summed E-state index contributed by atoms with van der Waals surface area (Å²) >= 11 is 0. The summed E-state index contributed by atoms with van der Waals surface area (Å²) in [5.74, 6) is -1.67. The molecule has 0 aromatic carbocycles. The lowest BCUT2D eigenvalue weighted by atomic mass is 10.1. The molecule has 3 N–H and O–H groups in total. The van der Waals surface area contributed by atoms with Gasteiger partial charge in [-0.2, -0.15) is 0 Å². The first-order chi connectivity index (χ1) is 9.60. The lowest BCUT2D eigenvalue weighted by Gasteiger charge is -2.22. The summed E-state index contributed by atoms with van der Waals surface area (Å²) in [6.45, 7) is 7.06. The molecule has 0 rings (SSSR count). The van der Waals surface area contributed by atoms with Gasteiger partial charge in [0.2, 0.25) is 5.91 Å². The van der Waals surface area contributed by atoms with Gasteiger partial charge in [0.15, 0.2) is 0 Å². The third-order valence-electron chi connectivity index (χ3n) is 2.52. The van der Waals surface area contributed by atoms with Crippen molar-refractivity contribution in [1.29, 1.82) is 0 Å². The van der Waals surface area contributed by atoms with Crippen LogP contribution in [0.15, 0.2) is 0 Å². The first-order valence-corrected chi connectivity index (χ1v) is 6.96. The third kappa shape index (κ3) is 8.29. The first-order valence-electron chi connectivity index (χ1n) is 6.96. The van der Waals surface area contributed by atoms with E-state index in [0.29, 0.717) is 12.8 Å². The number of nitrogens with two attached hydrogens (primary N) is 1. The summed E-state index contributed by atoms with van der Waals surface area (Å²) in [5.41, 5.74) is 5.02. The van der Waals surface area contributed by atoms with Crippen LogP contribution in [0.2, 0.25) is 0 Å². The van der Waals surface area contributed by atoms with Gasteiger partial charge in [-0.05, 0) is 27.2 Å². The van der Waals surface area contributed by atoms with E-state index in [9.17, 15) is 14.4 Å². The Hall–Kier alpha value is -1.63. The van der Waals surface area contributed by atoms with Gasteiger partial charge in [0, 0.05) is 0 Å². The standard InChI is InChI=1S/C14H26N2O5/c1-6-7-10(13(19)20-5)16-12(18)9(15)8-11(17)21-14(2,3)4/h9-10H,6-8,15H2,1-5H3,(H,16,18)/t9-,10-/m0/s1. The average molecular weight is 302 g/mol. The van der Waals surface area contributed by atoms with E-state index in [1.807, 2.05) is 6.92 Å². The first kappa shape index (κ1) is 19.4. The van der Waals surface area contributed by atoms with Gasteiger partial charge in [-0.15, -0.1) is 0 Å². The molecular weight excluding hydrogens is 276 g/mol. The monoisotopic (exact) mass is 302 g/mol. The molecule has 0 aliphatic heterocycles. The lowest BCUT2D eigenvalue weighted by molar-refractivity contribution is -0.156. The Morgan fingerprint density at radius 1 is 1.24 bits per heavy atom. The number of methoxy groups -OCH3 is 1. The van der Waals surface area contributed by atoms with Crippen molar-refractivity contribution in [2.45, 2.75) is 64.6 Å². The lowest BCUT2D eigenvalue weighted by Crippen LogP contribution is -2.49. The zero-order chi connectivity index (χ0) is 16.6. The van der Waals surface area contributed by atoms with Crippen LogP contribution in [0.25, 0.3) is 0 Å². The number of amides is 1. The van der Waals surface area contributed by atoms with Crippen molar-refractivity contribution in [1.82, 2.24) is 5.32 Å². The number of carbonyl (C=O) groups is 3. The number of hydrogen-bond acceptors (Lipinski definition) is 6. The van der Waals surface area contributed by atoms with Crippen molar-refractivity contribution in [3.8, 4) is 0 Å². The maximum Gasteiger partial charge on any atom is 0.328 e. The Bertz CT molecular complexity index is 376. The number of hydrogen-bond donors (Lipinski definition) is 2. The van der Waals surface area contributed by atoms with E-state index in [4.69, 9.17) is 10.5 Å². The van der Waals surface area contributed by atoms with Crippen LogP contribution in [0.5, 0.6) is 0 Å². The zero-order valence-electron chi connectivity index (χ0n) is 13.4. The smallest absolute Gasteiger partial charge is 0.328 e. The van der Waals surface area contributed by atoms with Crippen LogP contribution < -0.4 is 11.1 Å². The molecule has 0 aliphatic carbocycles. The summed E-state index contributed by atoms with van der Waals surface area (Å²) in [7, 11) is 1.25. The minimum atomic E-state index is -1.07. The molecule has 21 heavy (non-hydrogen) atoms. The van der Waals surface area contributed by atoms with Crippen LogP contribution in [0.4, 0.5) is 0 Å². The number of esters is 2. The molecule has 0 saturated carbocycles. The molecule has 7 heteroatoms. The molecule has 7 nitrogen and oxygen atoms in total. The van der Waals surface area contributed by atoms with Crippen LogP contribution in [0.3, 0.4) is 0 Å². The largest absolute Gasteiger partial charge is 0.467 e. The van der Waals surface area contributed by atoms with E-state index in [1.54, 1.807) is 20.8 Å².